The van der Waals surface area contributed by atoms with Gasteiger partial charge in [0.1, 0.15) is 5.60 Å². The maximum absolute atomic E-state index is 5.89. The highest BCUT2D eigenvalue weighted by molar-refractivity contribution is 9.10. The molecular formula is C12H14BrN3O2. The van der Waals surface area contributed by atoms with Crippen LogP contribution in [-0.4, -0.2) is 17.3 Å². The molecule has 0 bridgehead atoms. The van der Waals surface area contributed by atoms with Crippen LogP contribution in [-0.2, 0) is 10.3 Å². The molecule has 2 N–H and O–H groups in total. The molecule has 0 unspecified atom stereocenters. The summed E-state index contributed by atoms with van der Waals surface area (Å²) in [6.07, 6.45) is 0. The van der Waals surface area contributed by atoms with Crippen LogP contribution in [0.2, 0.25) is 0 Å². The first-order valence-corrected chi connectivity index (χ1v) is 6.18. The lowest BCUT2D eigenvalue weighted by molar-refractivity contribution is 0.00973. The van der Waals surface area contributed by atoms with Crippen molar-refractivity contribution in [1.82, 2.24) is 10.1 Å². The first kappa shape index (κ1) is 13.0. The van der Waals surface area contributed by atoms with Gasteiger partial charge in [-0.2, -0.15) is 4.98 Å². The van der Waals surface area contributed by atoms with Gasteiger partial charge in [-0.3, -0.25) is 0 Å². The fourth-order valence-corrected chi connectivity index (χ4v) is 1.74. The van der Waals surface area contributed by atoms with Crippen LogP contribution in [0.4, 0.5) is 5.69 Å². The van der Waals surface area contributed by atoms with Gasteiger partial charge in [0.05, 0.1) is 5.56 Å². The summed E-state index contributed by atoms with van der Waals surface area (Å²) in [6.45, 7) is 3.73. The minimum atomic E-state index is -0.595. The predicted molar refractivity (Wildman–Crippen MR) is 71.9 cm³/mol. The van der Waals surface area contributed by atoms with E-state index in [0.29, 0.717) is 23.0 Å². The third kappa shape index (κ3) is 2.39. The Morgan fingerprint density at radius 2 is 2.11 bits per heavy atom. The van der Waals surface area contributed by atoms with E-state index >= 15 is 0 Å². The van der Waals surface area contributed by atoms with Crippen molar-refractivity contribution >= 4 is 21.6 Å². The van der Waals surface area contributed by atoms with Gasteiger partial charge < -0.3 is 15.0 Å². The SMILES string of the molecule is COC(C)(C)c1noc(-c2cc(Br)ccc2N)n1. The van der Waals surface area contributed by atoms with Crippen molar-refractivity contribution in [2.24, 2.45) is 0 Å². The Kier molecular flexibility index (Phi) is 3.41. The largest absolute Gasteiger partial charge is 0.398 e. The van der Waals surface area contributed by atoms with Crippen molar-refractivity contribution < 1.29 is 9.26 Å². The molecule has 0 saturated carbocycles. The second-order valence-electron chi connectivity index (χ2n) is 4.37. The lowest BCUT2D eigenvalue weighted by Gasteiger charge is -2.17. The molecule has 0 amide bonds. The zero-order valence-electron chi connectivity index (χ0n) is 10.4. The van der Waals surface area contributed by atoms with Crippen LogP contribution < -0.4 is 5.73 Å². The van der Waals surface area contributed by atoms with Crippen molar-refractivity contribution in [2.75, 3.05) is 12.8 Å². The molecule has 18 heavy (non-hydrogen) atoms. The number of benzene rings is 1. The number of halogens is 1. The monoisotopic (exact) mass is 311 g/mol. The summed E-state index contributed by atoms with van der Waals surface area (Å²) in [5.74, 6) is 0.869. The Balaban J connectivity index is 2.44. The quantitative estimate of drug-likeness (QED) is 0.882. The smallest absolute Gasteiger partial charge is 0.260 e. The number of nitrogen functional groups attached to an aromatic ring is 1. The standard InChI is InChI=1S/C12H14BrN3O2/c1-12(2,17-3)11-15-10(18-16-11)8-6-7(13)4-5-9(8)14/h4-6H,14H2,1-3H3. The molecule has 1 heterocycles. The van der Waals surface area contributed by atoms with Gasteiger partial charge in [0.2, 0.25) is 5.82 Å². The van der Waals surface area contributed by atoms with E-state index in [-0.39, 0.29) is 0 Å². The van der Waals surface area contributed by atoms with E-state index in [1.807, 2.05) is 26.0 Å². The van der Waals surface area contributed by atoms with E-state index in [1.165, 1.54) is 0 Å². The summed E-state index contributed by atoms with van der Waals surface area (Å²) in [5, 5.41) is 3.92. The number of rotatable bonds is 3. The van der Waals surface area contributed by atoms with Crippen LogP contribution in [0, 0.1) is 0 Å². The van der Waals surface area contributed by atoms with E-state index in [0.717, 1.165) is 4.47 Å². The summed E-state index contributed by atoms with van der Waals surface area (Å²) in [6, 6.07) is 5.48. The van der Waals surface area contributed by atoms with Crippen molar-refractivity contribution in [1.29, 1.82) is 0 Å². The Bertz CT molecular complexity index is 566. The molecule has 5 nitrogen and oxygen atoms in total. The van der Waals surface area contributed by atoms with Crippen LogP contribution >= 0.6 is 15.9 Å². The normalized spacial score (nSPS) is 11.8. The molecule has 0 atom stereocenters. The molecule has 2 rings (SSSR count). The van der Waals surface area contributed by atoms with Gasteiger partial charge in [-0.05, 0) is 32.0 Å². The average molecular weight is 312 g/mol. The molecule has 0 aliphatic heterocycles. The van der Waals surface area contributed by atoms with Crippen LogP contribution in [0.15, 0.2) is 27.2 Å². The highest BCUT2D eigenvalue weighted by Gasteiger charge is 2.26. The van der Waals surface area contributed by atoms with Gasteiger partial charge in [-0.15, -0.1) is 0 Å². The van der Waals surface area contributed by atoms with Crippen molar-refractivity contribution in [3.05, 3.63) is 28.5 Å². The minimum Gasteiger partial charge on any atom is -0.398 e. The molecule has 1 aromatic carbocycles. The third-order valence-electron chi connectivity index (χ3n) is 2.72. The molecule has 0 saturated heterocycles. The van der Waals surface area contributed by atoms with Crippen molar-refractivity contribution in [3.63, 3.8) is 0 Å². The molecular weight excluding hydrogens is 298 g/mol. The second-order valence-corrected chi connectivity index (χ2v) is 5.28. The summed E-state index contributed by atoms with van der Waals surface area (Å²) in [7, 11) is 1.60. The number of methoxy groups -OCH3 is 1. The van der Waals surface area contributed by atoms with Gasteiger partial charge in [0, 0.05) is 17.3 Å². The van der Waals surface area contributed by atoms with Gasteiger partial charge in [-0.1, -0.05) is 21.1 Å². The molecule has 0 aliphatic rings. The van der Waals surface area contributed by atoms with Gasteiger partial charge in [0.15, 0.2) is 0 Å². The van der Waals surface area contributed by atoms with Crippen LogP contribution in [0.1, 0.15) is 19.7 Å². The molecule has 0 fully saturated rings. The fourth-order valence-electron chi connectivity index (χ4n) is 1.38. The number of anilines is 1. The molecule has 1 aromatic heterocycles. The number of nitrogens with two attached hydrogens (primary N) is 1. The van der Waals surface area contributed by atoms with E-state index in [1.54, 1.807) is 13.2 Å². The van der Waals surface area contributed by atoms with Gasteiger partial charge in [0.25, 0.3) is 5.89 Å². The Labute approximate surface area is 113 Å². The molecule has 0 spiro atoms. The number of aromatic nitrogens is 2. The van der Waals surface area contributed by atoms with Gasteiger partial charge in [-0.25, -0.2) is 0 Å². The van der Waals surface area contributed by atoms with E-state index in [9.17, 15) is 0 Å². The Morgan fingerprint density at radius 3 is 2.78 bits per heavy atom. The van der Waals surface area contributed by atoms with Crippen LogP contribution in [0.5, 0.6) is 0 Å². The number of ether oxygens (including phenoxy) is 1. The second kappa shape index (κ2) is 4.70. The van der Waals surface area contributed by atoms with E-state index in [2.05, 4.69) is 26.1 Å². The zero-order chi connectivity index (χ0) is 13.3. The fraction of sp³-hybridized carbons (Fsp3) is 0.333. The Morgan fingerprint density at radius 1 is 1.39 bits per heavy atom. The molecule has 0 aliphatic carbocycles. The zero-order valence-corrected chi connectivity index (χ0v) is 12.0. The van der Waals surface area contributed by atoms with E-state index in [4.69, 9.17) is 15.0 Å². The number of hydrogen-bond donors (Lipinski definition) is 1. The third-order valence-corrected chi connectivity index (χ3v) is 3.21. The topological polar surface area (TPSA) is 74.2 Å². The van der Waals surface area contributed by atoms with Gasteiger partial charge >= 0.3 is 0 Å². The summed E-state index contributed by atoms with van der Waals surface area (Å²) < 4.78 is 11.4. The summed E-state index contributed by atoms with van der Waals surface area (Å²) in [4.78, 5) is 4.32. The molecule has 2 aromatic rings. The highest BCUT2D eigenvalue weighted by atomic mass is 79.9. The maximum Gasteiger partial charge on any atom is 0.260 e. The van der Waals surface area contributed by atoms with Crippen LogP contribution in [0.3, 0.4) is 0 Å². The first-order valence-electron chi connectivity index (χ1n) is 5.39. The first-order chi connectivity index (χ1) is 8.44. The van der Waals surface area contributed by atoms with Crippen LogP contribution in [0.25, 0.3) is 11.5 Å². The maximum atomic E-state index is 5.89. The number of nitrogens with zero attached hydrogens (tertiary/aromatic N) is 2. The summed E-state index contributed by atoms with van der Waals surface area (Å²) in [5.41, 5.74) is 6.59. The summed E-state index contributed by atoms with van der Waals surface area (Å²) >= 11 is 3.38. The molecule has 6 heteroatoms. The molecule has 0 radical (unpaired) electrons. The van der Waals surface area contributed by atoms with Crippen molar-refractivity contribution in [3.8, 4) is 11.5 Å². The predicted octanol–water partition coefficient (Wildman–Crippen LogP) is 2.96. The minimum absolute atomic E-state index is 0.383. The average Bonchev–Trinajstić information content (AvgIpc) is 2.82. The lowest BCUT2D eigenvalue weighted by Crippen LogP contribution is -2.21. The van der Waals surface area contributed by atoms with Crippen molar-refractivity contribution in [2.45, 2.75) is 19.4 Å². The lowest BCUT2D eigenvalue weighted by atomic mass is 10.1. The van der Waals surface area contributed by atoms with E-state index < -0.39 is 5.60 Å². The highest BCUT2D eigenvalue weighted by Crippen LogP contribution is 2.30. The molecule has 96 valence electrons. The number of hydrogen-bond acceptors (Lipinski definition) is 5. The Hall–Kier alpha value is -1.40.